The third-order valence-electron chi connectivity index (χ3n) is 2.75. The first-order valence-corrected chi connectivity index (χ1v) is 5.42. The molecule has 0 saturated heterocycles. The number of hydrogen-bond acceptors (Lipinski definition) is 3. The number of hydrogen-bond donors (Lipinski definition) is 0. The predicted molar refractivity (Wildman–Crippen MR) is 67.8 cm³/mol. The maximum absolute atomic E-state index is 5.36. The Balaban J connectivity index is 2.64. The maximum atomic E-state index is 5.36. The van der Waals surface area contributed by atoms with Crippen LogP contribution in [0.2, 0.25) is 0 Å². The minimum absolute atomic E-state index is 0.594. The topological polar surface area (TPSA) is 27.7 Å². The van der Waals surface area contributed by atoms with Crippen LogP contribution in [0.15, 0.2) is 30.3 Å². The van der Waals surface area contributed by atoms with Gasteiger partial charge in [-0.25, -0.2) is 0 Å². The van der Waals surface area contributed by atoms with Gasteiger partial charge in [-0.2, -0.15) is 0 Å². The summed E-state index contributed by atoms with van der Waals surface area (Å²) < 4.78 is 15.8. The van der Waals surface area contributed by atoms with Gasteiger partial charge in [0.1, 0.15) is 11.5 Å². The van der Waals surface area contributed by atoms with Crippen molar-refractivity contribution in [1.29, 1.82) is 0 Å². The van der Waals surface area contributed by atoms with Crippen molar-refractivity contribution in [3.8, 4) is 11.5 Å². The molecule has 0 aliphatic rings. The fourth-order valence-electron chi connectivity index (χ4n) is 1.95. The van der Waals surface area contributed by atoms with Crippen molar-refractivity contribution in [2.75, 3.05) is 21.3 Å². The van der Waals surface area contributed by atoms with Gasteiger partial charge in [-0.15, -0.1) is 0 Å². The summed E-state index contributed by atoms with van der Waals surface area (Å²) in [5.41, 5.74) is 1.12. The first kappa shape index (κ1) is 11.7. The van der Waals surface area contributed by atoms with Gasteiger partial charge < -0.3 is 14.2 Å². The molecular weight excluding hydrogens is 216 g/mol. The molecule has 0 aliphatic carbocycles. The molecule has 0 saturated carbocycles. The Morgan fingerprint density at radius 3 is 2.06 bits per heavy atom. The smallest absolute Gasteiger partial charge is 0.126 e. The van der Waals surface area contributed by atoms with Gasteiger partial charge in [0.15, 0.2) is 0 Å². The Kier molecular flexibility index (Phi) is 3.49. The number of benzene rings is 2. The zero-order chi connectivity index (χ0) is 12.3. The van der Waals surface area contributed by atoms with Crippen molar-refractivity contribution in [2.45, 2.75) is 6.61 Å². The molecule has 0 amide bonds. The Bertz CT molecular complexity index is 520. The molecule has 0 unspecified atom stereocenters. The van der Waals surface area contributed by atoms with Crippen LogP contribution in [0.3, 0.4) is 0 Å². The van der Waals surface area contributed by atoms with Gasteiger partial charge in [0.2, 0.25) is 0 Å². The van der Waals surface area contributed by atoms with Crippen molar-refractivity contribution in [3.05, 3.63) is 35.9 Å². The molecule has 0 heterocycles. The molecule has 0 fully saturated rings. The Morgan fingerprint density at radius 2 is 1.47 bits per heavy atom. The minimum Gasteiger partial charge on any atom is -0.496 e. The van der Waals surface area contributed by atoms with Crippen LogP contribution in [0.1, 0.15) is 5.56 Å². The van der Waals surface area contributed by atoms with Crippen LogP contribution >= 0.6 is 0 Å². The standard InChI is InChI=1S/C14H16O3/c1-15-9-10-4-5-11-12(8-10)14(17-3)7-6-13(11)16-2/h4-8H,9H2,1-3H3. The lowest BCUT2D eigenvalue weighted by Crippen LogP contribution is -1.92. The van der Waals surface area contributed by atoms with E-state index in [2.05, 4.69) is 6.07 Å². The van der Waals surface area contributed by atoms with E-state index in [1.165, 1.54) is 0 Å². The van der Waals surface area contributed by atoms with Crippen molar-refractivity contribution >= 4 is 10.8 Å². The summed E-state index contributed by atoms with van der Waals surface area (Å²) in [6, 6.07) is 9.97. The predicted octanol–water partition coefficient (Wildman–Crippen LogP) is 3.00. The van der Waals surface area contributed by atoms with Gasteiger partial charge >= 0.3 is 0 Å². The normalized spacial score (nSPS) is 10.5. The fourth-order valence-corrected chi connectivity index (χ4v) is 1.95. The number of methoxy groups -OCH3 is 3. The molecule has 2 rings (SSSR count). The van der Waals surface area contributed by atoms with Gasteiger partial charge in [-0.1, -0.05) is 12.1 Å². The first-order valence-electron chi connectivity index (χ1n) is 5.42. The average Bonchev–Trinajstić information content (AvgIpc) is 2.37. The van der Waals surface area contributed by atoms with E-state index in [0.717, 1.165) is 27.8 Å². The molecule has 2 aromatic rings. The highest BCUT2D eigenvalue weighted by atomic mass is 16.5. The molecule has 0 aliphatic heterocycles. The Morgan fingerprint density at radius 1 is 0.824 bits per heavy atom. The summed E-state index contributed by atoms with van der Waals surface area (Å²) >= 11 is 0. The summed E-state index contributed by atoms with van der Waals surface area (Å²) in [6.45, 7) is 0.594. The van der Waals surface area contributed by atoms with Crippen LogP contribution in [0.4, 0.5) is 0 Å². The van der Waals surface area contributed by atoms with Crippen LogP contribution in [-0.4, -0.2) is 21.3 Å². The third kappa shape index (κ3) is 2.19. The van der Waals surface area contributed by atoms with E-state index in [1.54, 1.807) is 21.3 Å². The van der Waals surface area contributed by atoms with Crippen LogP contribution in [0.25, 0.3) is 10.8 Å². The quantitative estimate of drug-likeness (QED) is 0.811. The van der Waals surface area contributed by atoms with E-state index < -0.39 is 0 Å². The van der Waals surface area contributed by atoms with E-state index in [4.69, 9.17) is 14.2 Å². The average molecular weight is 232 g/mol. The molecule has 3 nitrogen and oxygen atoms in total. The highest BCUT2D eigenvalue weighted by molar-refractivity contribution is 5.93. The summed E-state index contributed by atoms with van der Waals surface area (Å²) in [5, 5.41) is 2.09. The third-order valence-corrected chi connectivity index (χ3v) is 2.75. The molecule has 0 N–H and O–H groups in total. The second-order valence-electron chi connectivity index (χ2n) is 3.78. The number of ether oxygens (including phenoxy) is 3. The van der Waals surface area contributed by atoms with Crippen LogP contribution in [-0.2, 0) is 11.3 Å². The molecule has 90 valence electrons. The van der Waals surface area contributed by atoms with Gasteiger partial charge in [0, 0.05) is 17.9 Å². The second kappa shape index (κ2) is 5.06. The highest BCUT2D eigenvalue weighted by Crippen LogP contribution is 2.33. The molecule has 0 bridgehead atoms. The van der Waals surface area contributed by atoms with E-state index in [9.17, 15) is 0 Å². The summed E-state index contributed by atoms with van der Waals surface area (Å²) in [7, 11) is 5.03. The van der Waals surface area contributed by atoms with Gasteiger partial charge in [-0.3, -0.25) is 0 Å². The molecule has 0 spiro atoms. The zero-order valence-electron chi connectivity index (χ0n) is 10.3. The SMILES string of the molecule is COCc1ccc2c(OC)ccc(OC)c2c1. The van der Waals surface area contributed by atoms with Crippen molar-refractivity contribution < 1.29 is 14.2 Å². The Hall–Kier alpha value is -1.74. The lowest BCUT2D eigenvalue weighted by atomic mass is 10.1. The molecular formula is C14H16O3. The summed E-state index contributed by atoms with van der Waals surface area (Å²) in [4.78, 5) is 0. The van der Waals surface area contributed by atoms with Gasteiger partial charge in [0.05, 0.1) is 20.8 Å². The maximum Gasteiger partial charge on any atom is 0.126 e. The zero-order valence-corrected chi connectivity index (χ0v) is 10.3. The molecule has 0 atom stereocenters. The van der Waals surface area contributed by atoms with E-state index >= 15 is 0 Å². The highest BCUT2D eigenvalue weighted by Gasteiger charge is 2.07. The van der Waals surface area contributed by atoms with Crippen LogP contribution in [0.5, 0.6) is 11.5 Å². The fraction of sp³-hybridized carbons (Fsp3) is 0.286. The number of rotatable bonds is 4. The van der Waals surface area contributed by atoms with Crippen molar-refractivity contribution in [2.24, 2.45) is 0 Å². The largest absolute Gasteiger partial charge is 0.496 e. The molecule has 0 aromatic heterocycles. The minimum atomic E-state index is 0.594. The van der Waals surface area contributed by atoms with Gasteiger partial charge in [-0.05, 0) is 23.8 Å². The van der Waals surface area contributed by atoms with E-state index in [1.807, 2.05) is 24.3 Å². The summed E-state index contributed by atoms with van der Waals surface area (Å²) in [5.74, 6) is 1.70. The van der Waals surface area contributed by atoms with Gasteiger partial charge in [0.25, 0.3) is 0 Å². The summed E-state index contributed by atoms with van der Waals surface area (Å²) in [6.07, 6.45) is 0. The molecule has 17 heavy (non-hydrogen) atoms. The monoisotopic (exact) mass is 232 g/mol. The lowest BCUT2D eigenvalue weighted by molar-refractivity contribution is 0.185. The second-order valence-corrected chi connectivity index (χ2v) is 3.78. The first-order chi connectivity index (χ1) is 8.30. The Labute approximate surface area is 101 Å². The van der Waals surface area contributed by atoms with Crippen molar-refractivity contribution in [1.82, 2.24) is 0 Å². The number of fused-ring (bicyclic) bond motifs is 1. The molecule has 3 heteroatoms. The molecule has 2 aromatic carbocycles. The molecule has 0 radical (unpaired) electrons. The lowest BCUT2D eigenvalue weighted by Gasteiger charge is -2.11. The van der Waals surface area contributed by atoms with Crippen LogP contribution in [0, 0.1) is 0 Å². The van der Waals surface area contributed by atoms with Crippen molar-refractivity contribution in [3.63, 3.8) is 0 Å². The van der Waals surface area contributed by atoms with E-state index in [0.29, 0.717) is 6.61 Å². The van der Waals surface area contributed by atoms with E-state index in [-0.39, 0.29) is 0 Å². The van der Waals surface area contributed by atoms with Crippen LogP contribution < -0.4 is 9.47 Å².